The van der Waals surface area contributed by atoms with E-state index in [0.717, 1.165) is 24.3 Å². The quantitative estimate of drug-likeness (QED) is 0.845. The van der Waals surface area contributed by atoms with Crippen LogP contribution in [0.15, 0.2) is 18.2 Å². The minimum atomic E-state index is -0.288. The number of amides is 2. The number of benzene rings is 1. The number of rotatable bonds is 5. The lowest BCUT2D eigenvalue weighted by molar-refractivity contribution is -0.136. The van der Waals surface area contributed by atoms with Crippen molar-refractivity contribution < 1.29 is 18.7 Å². The summed E-state index contributed by atoms with van der Waals surface area (Å²) in [7, 11) is 1.63. The molecule has 6 nitrogen and oxygen atoms in total. The van der Waals surface area contributed by atoms with Gasteiger partial charge in [-0.15, -0.1) is 0 Å². The first-order chi connectivity index (χ1) is 13.0. The zero-order chi connectivity index (χ0) is 19.4. The first kappa shape index (κ1) is 19.8. The lowest BCUT2D eigenvalue weighted by Crippen LogP contribution is -2.47. The number of likely N-dealkylation sites (tertiary alicyclic amines) is 1. The maximum atomic E-state index is 13.5. The summed E-state index contributed by atoms with van der Waals surface area (Å²) in [6, 6.07) is 4.67. The molecule has 7 heteroatoms. The number of carbonyl (C=O) groups excluding carboxylic acids is 2. The van der Waals surface area contributed by atoms with Gasteiger partial charge in [0.2, 0.25) is 11.8 Å². The second-order valence-corrected chi connectivity index (χ2v) is 7.36. The number of carbonyl (C=O) groups is 2. The number of nitrogens with zero attached hydrogens (tertiary/aromatic N) is 2. The summed E-state index contributed by atoms with van der Waals surface area (Å²) in [6.07, 6.45) is 1.06. The topological polar surface area (TPSA) is 61.9 Å². The smallest absolute Gasteiger partial charge is 0.223 e. The van der Waals surface area contributed by atoms with Crippen LogP contribution in [0.25, 0.3) is 0 Å². The fraction of sp³-hybridized carbons (Fsp3) is 0.600. The third-order valence-corrected chi connectivity index (χ3v) is 5.65. The molecular weight excluding hydrogens is 349 g/mol. The van der Waals surface area contributed by atoms with E-state index >= 15 is 0 Å². The molecule has 2 aliphatic heterocycles. The average molecular weight is 377 g/mol. The van der Waals surface area contributed by atoms with Crippen LogP contribution >= 0.6 is 0 Å². The molecule has 2 heterocycles. The summed E-state index contributed by atoms with van der Waals surface area (Å²) < 4.78 is 18.8. The Morgan fingerprint density at radius 1 is 1.33 bits per heavy atom. The Balaban J connectivity index is 1.72. The number of halogens is 1. The summed E-state index contributed by atoms with van der Waals surface area (Å²) >= 11 is 0. The van der Waals surface area contributed by atoms with E-state index in [4.69, 9.17) is 4.74 Å². The predicted molar refractivity (Wildman–Crippen MR) is 99.6 cm³/mol. The highest BCUT2D eigenvalue weighted by atomic mass is 19.1. The van der Waals surface area contributed by atoms with E-state index in [1.54, 1.807) is 13.1 Å². The van der Waals surface area contributed by atoms with Crippen LogP contribution in [0.4, 0.5) is 4.39 Å². The van der Waals surface area contributed by atoms with E-state index in [0.29, 0.717) is 39.2 Å². The van der Waals surface area contributed by atoms with Crippen LogP contribution in [-0.2, 0) is 14.3 Å². The van der Waals surface area contributed by atoms with Crippen LogP contribution in [0.2, 0.25) is 0 Å². The Hall–Kier alpha value is -1.99. The monoisotopic (exact) mass is 377 g/mol. The van der Waals surface area contributed by atoms with Crippen molar-refractivity contribution in [3.8, 4) is 0 Å². The SMILES string of the molecule is CNC(=O)C1CCN(C(=O)CCN2CCOC2)CC1c1ccc(F)cc1C. The molecule has 148 valence electrons. The van der Waals surface area contributed by atoms with Gasteiger partial charge in [-0.1, -0.05) is 6.07 Å². The second kappa shape index (κ2) is 8.80. The van der Waals surface area contributed by atoms with Crippen molar-refractivity contribution >= 4 is 11.8 Å². The Kier molecular flexibility index (Phi) is 6.44. The molecule has 0 saturated carbocycles. The minimum absolute atomic E-state index is 0.0231. The van der Waals surface area contributed by atoms with Crippen molar-refractivity contribution in [1.82, 2.24) is 15.1 Å². The van der Waals surface area contributed by atoms with Gasteiger partial charge in [-0.05, 0) is 36.6 Å². The molecule has 3 rings (SSSR count). The summed E-state index contributed by atoms with van der Waals surface area (Å²) in [5.74, 6) is -0.551. The number of hydrogen-bond donors (Lipinski definition) is 1. The largest absolute Gasteiger partial charge is 0.365 e. The Labute approximate surface area is 159 Å². The van der Waals surface area contributed by atoms with E-state index in [-0.39, 0.29) is 29.5 Å². The number of ether oxygens (including phenoxy) is 1. The number of hydrogen-bond acceptors (Lipinski definition) is 4. The van der Waals surface area contributed by atoms with Crippen molar-refractivity contribution in [3.63, 3.8) is 0 Å². The Morgan fingerprint density at radius 2 is 2.15 bits per heavy atom. The molecule has 2 saturated heterocycles. The van der Waals surface area contributed by atoms with Crippen molar-refractivity contribution in [1.29, 1.82) is 0 Å². The van der Waals surface area contributed by atoms with Gasteiger partial charge in [-0.2, -0.15) is 0 Å². The molecule has 27 heavy (non-hydrogen) atoms. The third-order valence-electron chi connectivity index (χ3n) is 5.65. The molecule has 0 aromatic heterocycles. The highest BCUT2D eigenvalue weighted by Gasteiger charge is 2.37. The highest BCUT2D eigenvalue weighted by Crippen LogP contribution is 2.35. The second-order valence-electron chi connectivity index (χ2n) is 7.36. The van der Waals surface area contributed by atoms with Crippen LogP contribution in [0.5, 0.6) is 0 Å². The predicted octanol–water partition coefficient (Wildman–Crippen LogP) is 1.49. The van der Waals surface area contributed by atoms with E-state index in [9.17, 15) is 14.0 Å². The molecule has 0 bridgehead atoms. The minimum Gasteiger partial charge on any atom is -0.365 e. The molecule has 0 radical (unpaired) electrons. The fourth-order valence-electron chi connectivity index (χ4n) is 4.09. The van der Waals surface area contributed by atoms with Crippen molar-refractivity contribution in [2.45, 2.75) is 25.7 Å². The Bertz CT molecular complexity index is 691. The van der Waals surface area contributed by atoms with Crippen molar-refractivity contribution in [2.24, 2.45) is 5.92 Å². The molecule has 1 aromatic rings. The molecule has 2 unspecified atom stereocenters. The van der Waals surface area contributed by atoms with Gasteiger partial charge < -0.3 is 15.0 Å². The van der Waals surface area contributed by atoms with E-state index in [1.165, 1.54) is 12.1 Å². The zero-order valence-electron chi connectivity index (χ0n) is 16.0. The summed E-state index contributed by atoms with van der Waals surface area (Å²) in [6.45, 7) is 5.77. The highest BCUT2D eigenvalue weighted by molar-refractivity contribution is 5.81. The summed E-state index contributed by atoms with van der Waals surface area (Å²) in [5, 5.41) is 2.73. The molecule has 2 aliphatic rings. The lowest BCUT2D eigenvalue weighted by Gasteiger charge is -2.38. The zero-order valence-corrected chi connectivity index (χ0v) is 16.0. The number of aryl methyl sites for hydroxylation is 1. The van der Waals surface area contributed by atoms with Gasteiger partial charge in [0.1, 0.15) is 5.82 Å². The molecular formula is C20H28FN3O3. The van der Waals surface area contributed by atoms with Gasteiger partial charge in [0.15, 0.2) is 0 Å². The fourth-order valence-corrected chi connectivity index (χ4v) is 4.09. The standard InChI is InChI=1S/C20H28FN3O3/c1-14-11-15(21)3-4-16(14)18-12-24(8-5-17(18)20(26)22-2)19(25)6-7-23-9-10-27-13-23/h3-4,11,17-18H,5-10,12-13H2,1-2H3,(H,22,26). The van der Waals surface area contributed by atoms with Crippen LogP contribution in [0, 0.1) is 18.7 Å². The van der Waals surface area contributed by atoms with Crippen LogP contribution in [0.1, 0.15) is 29.9 Å². The molecule has 2 amide bonds. The third kappa shape index (κ3) is 4.65. The summed E-state index contributed by atoms with van der Waals surface area (Å²) in [4.78, 5) is 29.1. The van der Waals surface area contributed by atoms with E-state index < -0.39 is 0 Å². The van der Waals surface area contributed by atoms with Gasteiger partial charge in [-0.3, -0.25) is 14.5 Å². The molecule has 0 aliphatic carbocycles. The normalized spacial score (nSPS) is 23.4. The molecule has 2 atom stereocenters. The van der Waals surface area contributed by atoms with Crippen LogP contribution < -0.4 is 5.32 Å². The van der Waals surface area contributed by atoms with Crippen LogP contribution in [-0.4, -0.2) is 68.2 Å². The van der Waals surface area contributed by atoms with Crippen molar-refractivity contribution in [3.05, 3.63) is 35.1 Å². The molecule has 1 N–H and O–H groups in total. The van der Waals surface area contributed by atoms with E-state index in [1.807, 2.05) is 11.8 Å². The molecule has 2 fully saturated rings. The Morgan fingerprint density at radius 3 is 2.81 bits per heavy atom. The summed E-state index contributed by atoms with van der Waals surface area (Å²) in [5.41, 5.74) is 1.76. The lowest BCUT2D eigenvalue weighted by atomic mass is 9.78. The first-order valence-corrected chi connectivity index (χ1v) is 9.55. The maximum Gasteiger partial charge on any atom is 0.223 e. The number of nitrogens with one attached hydrogen (secondary N) is 1. The maximum absolute atomic E-state index is 13.5. The van der Waals surface area contributed by atoms with Gasteiger partial charge >= 0.3 is 0 Å². The van der Waals surface area contributed by atoms with Gasteiger partial charge in [0.25, 0.3) is 0 Å². The van der Waals surface area contributed by atoms with Crippen molar-refractivity contribution in [2.75, 3.05) is 46.6 Å². The van der Waals surface area contributed by atoms with Gasteiger partial charge in [0, 0.05) is 51.5 Å². The molecule has 0 spiro atoms. The van der Waals surface area contributed by atoms with Crippen LogP contribution in [0.3, 0.4) is 0 Å². The molecule has 1 aromatic carbocycles. The van der Waals surface area contributed by atoms with E-state index in [2.05, 4.69) is 10.2 Å². The first-order valence-electron chi connectivity index (χ1n) is 9.55. The van der Waals surface area contributed by atoms with Gasteiger partial charge in [0.05, 0.1) is 13.3 Å². The average Bonchev–Trinajstić information content (AvgIpc) is 3.18. The van der Waals surface area contributed by atoms with Gasteiger partial charge in [-0.25, -0.2) is 4.39 Å². The number of piperidine rings is 1.